The Hall–Kier alpha value is -2.21. The average molecular weight is 337 g/mol. The lowest BCUT2D eigenvalue weighted by molar-refractivity contribution is 0.0533. The Morgan fingerprint density at radius 2 is 1.96 bits per heavy atom. The zero-order valence-corrected chi connectivity index (χ0v) is 14.3. The number of benzene rings is 1. The first kappa shape index (κ1) is 15.1. The van der Waals surface area contributed by atoms with E-state index in [9.17, 15) is 0 Å². The summed E-state index contributed by atoms with van der Waals surface area (Å²) < 4.78 is 10.1. The molecule has 130 valence electrons. The van der Waals surface area contributed by atoms with E-state index >= 15 is 0 Å². The zero-order chi connectivity index (χ0) is 16.6. The van der Waals surface area contributed by atoms with Crippen LogP contribution in [0.25, 0.3) is 11.0 Å². The molecule has 3 aromatic rings. The first-order chi connectivity index (χ1) is 12.4. The first-order valence-corrected chi connectivity index (χ1v) is 9.30. The molecule has 0 amide bonds. The van der Waals surface area contributed by atoms with E-state index < -0.39 is 0 Å². The summed E-state index contributed by atoms with van der Waals surface area (Å²) in [6, 6.07) is 8.24. The molecule has 1 saturated heterocycles. The van der Waals surface area contributed by atoms with Crippen molar-refractivity contribution in [3.05, 3.63) is 42.2 Å². The molecule has 2 aliphatic heterocycles. The van der Waals surface area contributed by atoms with Crippen molar-refractivity contribution in [3.8, 4) is 0 Å². The monoisotopic (exact) mass is 337 g/mol. The van der Waals surface area contributed by atoms with Gasteiger partial charge in [0.15, 0.2) is 5.82 Å². The van der Waals surface area contributed by atoms with E-state index in [1.807, 2.05) is 18.5 Å². The molecule has 5 rings (SSSR count). The molecule has 0 bridgehead atoms. The van der Waals surface area contributed by atoms with Gasteiger partial charge in [-0.05, 0) is 43.7 Å². The van der Waals surface area contributed by atoms with E-state index in [1.54, 1.807) is 0 Å². The van der Waals surface area contributed by atoms with Gasteiger partial charge in [0.05, 0.1) is 23.9 Å². The molecule has 0 aliphatic carbocycles. The molecule has 1 unspecified atom stereocenters. The summed E-state index contributed by atoms with van der Waals surface area (Å²) in [6.07, 6.45) is 6.66. The van der Waals surface area contributed by atoms with E-state index in [2.05, 4.69) is 36.4 Å². The predicted octanol–water partition coefficient (Wildman–Crippen LogP) is 2.98. The molecule has 6 nitrogen and oxygen atoms in total. The fourth-order valence-electron chi connectivity index (χ4n) is 4.44. The number of para-hydroxylation sites is 2. The summed E-state index contributed by atoms with van der Waals surface area (Å²) in [5, 5.41) is 9.17. The topological polar surface area (TPSA) is 57.8 Å². The van der Waals surface area contributed by atoms with E-state index in [4.69, 9.17) is 4.74 Å². The quantitative estimate of drug-likeness (QED) is 0.737. The van der Waals surface area contributed by atoms with E-state index in [-0.39, 0.29) is 0 Å². The van der Waals surface area contributed by atoms with Crippen molar-refractivity contribution in [2.24, 2.45) is 5.92 Å². The predicted molar refractivity (Wildman–Crippen MR) is 94.4 cm³/mol. The lowest BCUT2D eigenvalue weighted by Crippen LogP contribution is -2.28. The van der Waals surface area contributed by atoms with Crippen LogP contribution in [0.15, 0.2) is 30.6 Å². The van der Waals surface area contributed by atoms with Gasteiger partial charge in [0.25, 0.3) is 0 Å². The van der Waals surface area contributed by atoms with Crippen LogP contribution in [0.3, 0.4) is 0 Å². The van der Waals surface area contributed by atoms with Gasteiger partial charge in [0, 0.05) is 25.7 Å². The average Bonchev–Trinajstić information content (AvgIpc) is 3.27. The Morgan fingerprint density at radius 3 is 2.88 bits per heavy atom. The summed E-state index contributed by atoms with van der Waals surface area (Å²) in [5.41, 5.74) is 2.18. The molecule has 25 heavy (non-hydrogen) atoms. The molecule has 2 aliphatic rings. The molecule has 0 saturated carbocycles. The standard InChI is InChI=1S/C19H23N5O/c1-2-6-17-16(5-1)20-13-23(17)12-18-21-22-19-15(4-3-9-24(18)19)14-7-10-25-11-8-14/h1-2,5-6,13-15H,3-4,7-12H2. The highest BCUT2D eigenvalue weighted by molar-refractivity contribution is 5.74. The summed E-state index contributed by atoms with van der Waals surface area (Å²) in [5.74, 6) is 3.48. The number of aromatic nitrogens is 5. The van der Waals surface area contributed by atoms with Crippen LogP contribution < -0.4 is 0 Å². The highest BCUT2D eigenvalue weighted by Gasteiger charge is 2.32. The number of hydrogen-bond acceptors (Lipinski definition) is 4. The molecular formula is C19H23N5O. The number of hydrogen-bond donors (Lipinski definition) is 0. The fourth-order valence-corrected chi connectivity index (χ4v) is 4.44. The Bertz CT molecular complexity index is 877. The van der Waals surface area contributed by atoms with Crippen LogP contribution in [0.5, 0.6) is 0 Å². The van der Waals surface area contributed by atoms with Gasteiger partial charge < -0.3 is 13.9 Å². The van der Waals surface area contributed by atoms with Crippen LogP contribution in [-0.4, -0.2) is 37.5 Å². The van der Waals surface area contributed by atoms with Crippen LogP contribution in [0.4, 0.5) is 0 Å². The van der Waals surface area contributed by atoms with Crippen molar-refractivity contribution in [2.45, 2.75) is 44.7 Å². The van der Waals surface area contributed by atoms with Crippen LogP contribution in [-0.2, 0) is 17.8 Å². The number of fused-ring (bicyclic) bond motifs is 2. The van der Waals surface area contributed by atoms with Crippen LogP contribution in [0.2, 0.25) is 0 Å². The summed E-state index contributed by atoms with van der Waals surface area (Å²) in [7, 11) is 0. The molecule has 0 radical (unpaired) electrons. The van der Waals surface area contributed by atoms with Crippen molar-refractivity contribution >= 4 is 11.0 Å². The molecule has 1 fully saturated rings. The van der Waals surface area contributed by atoms with Gasteiger partial charge in [0.1, 0.15) is 5.82 Å². The number of ether oxygens (including phenoxy) is 1. The van der Waals surface area contributed by atoms with Gasteiger partial charge in [-0.3, -0.25) is 0 Å². The maximum atomic E-state index is 5.54. The van der Waals surface area contributed by atoms with E-state index in [0.717, 1.165) is 56.0 Å². The molecule has 0 spiro atoms. The second-order valence-corrected chi connectivity index (χ2v) is 7.19. The highest BCUT2D eigenvalue weighted by atomic mass is 16.5. The van der Waals surface area contributed by atoms with Crippen LogP contribution in [0, 0.1) is 5.92 Å². The van der Waals surface area contributed by atoms with Crippen molar-refractivity contribution in [2.75, 3.05) is 13.2 Å². The minimum Gasteiger partial charge on any atom is -0.381 e. The van der Waals surface area contributed by atoms with Gasteiger partial charge in [-0.25, -0.2) is 4.98 Å². The normalized spacial score (nSPS) is 21.5. The third kappa shape index (κ3) is 2.65. The fraction of sp³-hybridized carbons (Fsp3) is 0.526. The van der Waals surface area contributed by atoms with Gasteiger partial charge >= 0.3 is 0 Å². The lowest BCUT2D eigenvalue weighted by Gasteiger charge is -2.32. The van der Waals surface area contributed by atoms with E-state index in [1.165, 1.54) is 18.7 Å². The molecule has 1 atom stereocenters. The SMILES string of the molecule is c1ccc2c(c1)ncn2Cc1nnc2n1CCCC2C1CCOCC1. The molecule has 4 heterocycles. The molecule has 2 aromatic heterocycles. The highest BCUT2D eigenvalue weighted by Crippen LogP contribution is 2.37. The number of nitrogens with zero attached hydrogens (tertiary/aromatic N) is 5. The maximum Gasteiger partial charge on any atom is 0.153 e. The number of imidazole rings is 1. The third-order valence-corrected chi connectivity index (χ3v) is 5.76. The van der Waals surface area contributed by atoms with Gasteiger partial charge in [-0.15, -0.1) is 10.2 Å². The van der Waals surface area contributed by atoms with Crippen LogP contribution in [0.1, 0.15) is 43.3 Å². The third-order valence-electron chi connectivity index (χ3n) is 5.76. The zero-order valence-electron chi connectivity index (χ0n) is 14.3. The first-order valence-electron chi connectivity index (χ1n) is 9.30. The van der Waals surface area contributed by atoms with Crippen molar-refractivity contribution in [1.29, 1.82) is 0 Å². The summed E-state index contributed by atoms with van der Waals surface area (Å²) in [6.45, 7) is 3.55. The molecular weight excluding hydrogens is 314 g/mol. The van der Waals surface area contributed by atoms with Crippen molar-refractivity contribution in [3.63, 3.8) is 0 Å². The Kier molecular flexibility index (Phi) is 3.77. The van der Waals surface area contributed by atoms with Gasteiger partial charge in [-0.1, -0.05) is 12.1 Å². The van der Waals surface area contributed by atoms with Crippen molar-refractivity contribution < 1.29 is 4.74 Å². The smallest absolute Gasteiger partial charge is 0.153 e. The Morgan fingerprint density at radius 1 is 1.08 bits per heavy atom. The molecule has 1 aromatic carbocycles. The van der Waals surface area contributed by atoms with Gasteiger partial charge in [-0.2, -0.15) is 0 Å². The summed E-state index contributed by atoms with van der Waals surface area (Å²) >= 11 is 0. The second kappa shape index (κ2) is 6.26. The van der Waals surface area contributed by atoms with E-state index in [0.29, 0.717) is 11.8 Å². The molecule has 6 heteroatoms. The summed E-state index contributed by atoms with van der Waals surface area (Å²) in [4.78, 5) is 4.49. The second-order valence-electron chi connectivity index (χ2n) is 7.19. The minimum atomic E-state index is 0.540. The maximum absolute atomic E-state index is 5.54. The lowest BCUT2D eigenvalue weighted by atomic mass is 9.81. The largest absolute Gasteiger partial charge is 0.381 e. The van der Waals surface area contributed by atoms with Crippen LogP contribution >= 0.6 is 0 Å². The van der Waals surface area contributed by atoms with Gasteiger partial charge in [0.2, 0.25) is 0 Å². The Labute approximate surface area is 146 Å². The Balaban J connectivity index is 1.45. The number of rotatable bonds is 3. The molecule has 0 N–H and O–H groups in total. The minimum absolute atomic E-state index is 0.540. The van der Waals surface area contributed by atoms with Crippen molar-refractivity contribution in [1.82, 2.24) is 24.3 Å².